The van der Waals surface area contributed by atoms with Crippen molar-refractivity contribution in [1.82, 2.24) is 20.7 Å². The van der Waals surface area contributed by atoms with Crippen LogP contribution in [0.4, 0.5) is 0 Å². The van der Waals surface area contributed by atoms with E-state index in [1.807, 2.05) is 6.07 Å². The van der Waals surface area contributed by atoms with Crippen LogP contribution in [0.2, 0.25) is 0 Å². The molecule has 2 N–H and O–H groups in total. The first-order valence-corrected chi connectivity index (χ1v) is 9.18. The fourth-order valence-corrected chi connectivity index (χ4v) is 2.57. The molecule has 6 nitrogen and oxygen atoms in total. The van der Waals surface area contributed by atoms with Crippen LogP contribution < -0.4 is 10.6 Å². The minimum absolute atomic E-state index is 0. The first kappa shape index (κ1) is 23.4. The molecular weight excluding hydrogens is 453 g/mol. The van der Waals surface area contributed by atoms with Crippen molar-refractivity contribution in [2.45, 2.75) is 46.3 Å². The Morgan fingerprint density at radius 1 is 1.19 bits per heavy atom. The van der Waals surface area contributed by atoms with E-state index in [1.54, 1.807) is 0 Å². The van der Waals surface area contributed by atoms with Gasteiger partial charge in [-0.05, 0) is 38.1 Å². The number of rotatable bonds is 8. The van der Waals surface area contributed by atoms with Gasteiger partial charge in [0, 0.05) is 19.2 Å². The molecule has 0 bridgehead atoms. The third-order valence-corrected chi connectivity index (χ3v) is 3.96. The molecule has 2 rings (SSSR count). The molecule has 0 atom stereocenters. The summed E-state index contributed by atoms with van der Waals surface area (Å²) in [7, 11) is 4.16. The van der Waals surface area contributed by atoms with Gasteiger partial charge in [-0.2, -0.15) is 0 Å². The van der Waals surface area contributed by atoms with E-state index in [2.05, 4.69) is 79.8 Å². The highest BCUT2D eigenvalue weighted by Gasteiger charge is 2.08. The molecule has 0 unspecified atom stereocenters. The van der Waals surface area contributed by atoms with Crippen molar-refractivity contribution in [3.8, 4) is 0 Å². The molecule has 1 aromatic carbocycles. The van der Waals surface area contributed by atoms with E-state index in [0.717, 1.165) is 30.5 Å². The predicted octanol–water partition coefficient (Wildman–Crippen LogP) is 3.73. The Labute approximate surface area is 179 Å². The number of halogens is 1. The zero-order valence-corrected chi connectivity index (χ0v) is 19.3. The molecule has 2 aromatic rings. The van der Waals surface area contributed by atoms with Gasteiger partial charge in [0.1, 0.15) is 0 Å². The second kappa shape index (κ2) is 12.0. The summed E-state index contributed by atoms with van der Waals surface area (Å²) in [6.07, 6.45) is 0. The van der Waals surface area contributed by atoms with Crippen LogP contribution in [0.25, 0.3) is 0 Å². The number of hydrogen-bond donors (Lipinski definition) is 2. The number of guanidine groups is 1. The van der Waals surface area contributed by atoms with Gasteiger partial charge in [0.2, 0.25) is 0 Å². The normalized spacial score (nSPS) is 11.6. The second-order valence-electron chi connectivity index (χ2n) is 6.93. The second-order valence-corrected chi connectivity index (χ2v) is 6.93. The van der Waals surface area contributed by atoms with Crippen molar-refractivity contribution in [2.24, 2.45) is 4.99 Å². The van der Waals surface area contributed by atoms with Gasteiger partial charge in [-0.15, -0.1) is 24.0 Å². The van der Waals surface area contributed by atoms with Gasteiger partial charge in [-0.25, -0.2) is 4.99 Å². The molecule has 27 heavy (non-hydrogen) atoms. The maximum absolute atomic E-state index is 5.38. The Balaban J connectivity index is 0.00000364. The molecule has 1 aromatic heterocycles. The van der Waals surface area contributed by atoms with Gasteiger partial charge in [0.15, 0.2) is 11.7 Å². The van der Waals surface area contributed by atoms with Crippen LogP contribution in [0.15, 0.2) is 39.8 Å². The summed E-state index contributed by atoms with van der Waals surface area (Å²) in [5.41, 5.74) is 3.51. The first-order chi connectivity index (χ1) is 12.5. The van der Waals surface area contributed by atoms with E-state index in [9.17, 15) is 0 Å². The monoisotopic (exact) mass is 485 g/mol. The fourth-order valence-electron chi connectivity index (χ4n) is 2.57. The zero-order valence-electron chi connectivity index (χ0n) is 17.0. The van der Waals surface area contributed by atoms with Crippen molar-refractivity contribution in [1.29, 1.82) is 0 Å². The van der Waals surface area contributed by atoms with Crippen molar-refractivity contribution in [2.75, 3.05) is 20.6 Å². The van der Waals surface area contributed by atoms with Gasteiger partial charge in [-0.1, -0.05) is 43.3 Å². The highest BCUT2D eigenvalue weighted by Crippen LogP contribution is 2.14. The minimum Gasteiger partial charge on any atom is -0.359 e. The molecule has 0 saturated heterocycles. The third-order valence-electron chi connectivity index (χ3n) is 3.96. The van der Waals surface area contributed by atoms with Crippen molar-refractivity contribution in [3.05, 3.63) is 52.9 Å². The number of benzene rings is 1. The van der Waals surface area contributed by atoms with Crippen LogP contribution >= 0.6 is 24.0 Å². The molecule has 0 aliphatic carbocycles. The number of nitrogens with one attached hydrogen (secondary N) is 2. The SMILES string of the molecule is CCNC(=NCc1ccccc1CN(C)C)NCc1cc(C(C)C)no1.I. The maximum atomic E-state index is 5.38. The Hall–Kier alpha value is -1.61. The molecule has 7 heteroatoms. The molecule has 0 aliphatic rings. The molecule has 0 fully saturated rings. The summed E-state index contributed by atoms with van der Waals surface area (Å²) in [4.78, 5) is 6.89. The zero-order chi connectivity index (χ0) is 18.9. The smallest absolute Gasteiger partial charge is 0.191 e. The lowest BCUT2D eigenvalue weighted by Gasteiger charge is -2.14. The Morgan fingerprint density at radius 3 is 2.48 bits per heavy atom. The summed E-state index contributed by atoms with van der Waals surface area (Å²) in [6, 6.07) is 10.4. The van der Waals surface area contributed by atoms with Crippen molar-refractivity contribution in [3.63, 3.8) is 0 Å². The third kappa shape index (κ3) is 7.88. The van der Waals surface area contributed by atoms with Gasteiger partial charge < -0.3 is 20.1 Å². The van der Waals surface area contributed by atoms with Gasteiger partial charge in [0.25, 0.3) is 0 Å². The fraction of sp³-hybridized carbons (Fsp3) is 0.500. The minimum atomic E-state index is 0. The van der Waals surface area contributed by atoms with Gasteiger partial charge in [0.05, 0.1) is 18.8 Å². The maximum Gasteiger partial charge on any atom is 0.191 e. The summed E-state index contributed by atoms with van der Waals surface area (Å²) >= 11 is 0. The molecule has 0 spiro atoms. The summed E-state index contributed by atoms with van der Waals surface area (Å²) in [6.45, 7) is 9.17. The van der Waals surface area contributed by atoms with E-state index in [1.165, 1.54) is 11.1 Å². The van der Waals surface area contributed by atoms with E-state index in [0.29, 0.717) is 19.0 Å². The largest absolute Gasteiger partial charge is 0.359 e. The van der Waals surface area contributed by atoms with Crippen LogP contribution in [0.3, 0.4) is 0 Å². The first-order valence-electron chi connectivity index (χ1n) is 9.18. The molecule has 1 heterocycles. The van der Waals surface area contributed by atoms with E-state index in [-0.39, 0.29) is 24.0 Å². The van der Waals surface area contributed by atoms with Crippen LogP contribution in [-0.2, 0) is 19.6 Å². The number of aliphatic imine (C=N–C) groups is 1. The Bertz CT molecular complexity index is 712. The van der Waals surface area contributed by atoms with Crippen LogP contribution in [0.5, 0.6) is 0 Å². The lowest BCUT2D eigenvalue weighted by atomic mass is 10.1. The van der Waals surface area contributed by atoms with E-state index >= 15 is 0 Å². The average Bonchev–Trinajstić information content (AvgIpc) is 3.07. The summed E-state index contributed by atoms with van der Waals surface area (Å²) in [5.74, 6) is 1.95. The molecule has 0 amide bonds. The van der Waals surface area contributed by atoms with Crippen LogP contribution in [0.1, 0.15) is 49.3 Å². The van der Waals surface area contributed by atoms with Gasteiger partial charge in [-0.3, -0.25) is 0 Å². The molecule has 150 valence electrons. The quantitative estimate of drug-likeness (QED) is 0.339. The Kier molecular flexibility index (Phi) is 10.4. The molecule has 0 radical (unpaired) electrons. The highest BCUT2D eigenvalue weighted by atomic mass is 127. The number of aromatic nitrogens is 1. The van der Waals surface area contributed by atoms with Crippen LogP contribution in [0, 0.1) is 0 Å². The van der Waals surface area contributed by atoms with Gasteiger partial charge >= 0.3 is 0 Å². The molecular formula is C20H32IN5O. The summed E-state index contributed by atoms with van der Waals surface area (Å²) < 4.78 is 5.38. The molecule has 0 aliphatic heterocycles. The lowest BCUT2D eigenvalue weighted by molar-refractivity contribution is 0.372. The number of nitrogens with zero attached hydrogens (tertiary/aromatic N) is 3. The highest BCUT2D eigenvalue weighted by molar-refractivity contribution is 14.0. The lowest BCUT2D eigenvalue weighted by Crippen LogP contribution is -2.36. The van der Waals surface area contributed by atoms with Crippen LogP contribution in [-0.4, -0.2) is 36.7 Å². The predicted molar refractivity (Wildman–Crippen MR) is 121 cm³/mol. The van der Waals surface area contributed by atoms with E-state index in [4.69, 9.17) is 9.52 Å². The van der Waals surface area contributed by atoms with Crippen molar-refractivity contribution < 1.29 is 4.52 Å². The average molecular weight is 485 g/mol. The summed E-state index contributed by atoms with van der Waals surface area (Å²) in [5, 5.41) is 10.7. The molecule has 0 saturated carbocycles. The topological polar surface area (TPSA) is 65.7 Å². The number of hydrogen-bond acceptors (Lipinski definition) is 4. The van der Waals surface area contributed by atoms with Crippen molar-refractivity contribution >= 4 is 29.9 Å². The van der Waals surface area contributed by atoms with E-state index < -0.39 is 0 Å². The standard InChI is InChI=1S/C20H31N5O.HI/c1-6-21-20(23-13-18-11-19(15(2)3)24-26-18)22-12-16-9-7-8-10-17(16)14-25(4)5;/h7-11,15H,6,12-14H2,1-5H3,(H2,21,22,23);1H. The Morgan fingerprint density at radius 2 is 1.89 bits per heavy atom.